The number of rotatable bonds is 3. The quantitative estimate of drug-likeness (QED) is 0.436. The number of hydrogen-bond acceptors (Lipinski definition) is 5. The summed E-state index contributed by atoms with van der Waals surface area (Å²) in [5, 5.41) is 21.6. The van der Waals surface area contributed by atoms with Crippen LogP contribution in [0.5, 0.6) is 0 Å². The lowest BCUT2D eigenvalue weighted by molar-refractivity contribution is -0.181. The van der Waals surface area contributed by atoms with Crippen molar-refractivity contribution in [3.63, 3.8) is 0 Å². The molecule has 0 heterocycles. The standard InChI is InChI=1S/C26H34O5S/c1-14-11-19-17-6-5-15-12-16(27)13-20(28)25(15,4)18(17)7-8-24(19,3)26(14,22(30)32)31-21(29)23(2)9-10-23/h12-14,17-19,28H,5-11H2,1-4H3,(H,30,32)/t14-,17-,18+,19+,24+,25+,26+/m1/s1. The van der Waals surface area contributed by atoms with Crippen molar-refractivity contribution in [3.8, 4) is 0 Å². The van der Waals surface area contributed by atoms with Gasteiger partial charge in [-0.25, -0.2) is 0 Å². The number of thiocarbonyl (C=S) groups is 1. The van der Waals surface area contributed by atoms with Gasteiger partial charge in [-0.3, -0.25) is 9.59 Å². The Morgan fingerprint density at radius 2 is 1.81 bits per heavy atom. The first-order valence-electron chi connectivity index (χ1n) is 12.0. The zero-order chi connectivity index (χ0) is 23.3. The predicted molar refractivity (Wildman–Crippen MR) is 124 cm³/mol. The minimum Gasteiger partial charge on any atom is -0.511 e. The van der Waals surface area contributed by atoms with E-state index >= 15 is 0 Å². The second kappa shape index (κ2) is 6.68. The largest absolute Gasteiger partial charge is 0.511 e. The normalized spacial score (nSPS) is 46.2. The highest BCUT2D eigenvalue weighted by Crippen LogP contribution is 2.70. The second-order valence-corrected chi connectivity index (χ2v) is 12.2. The van der Waals surface area contributed by atoms with E-state index in [2.05, 4.69) is 20.8 Å². The second-order valence-electron chi connectivity index (χ2n) is 11.8. The van der Waals surface area contributed by atoms with Crippen LogP contribution in [0.1, 0.15) is 72.6 Å². The number of ether oxygens (including phenoxy) is 1. The molecule has 4 saturated carbocycles. The molecule has 174 valence electrons. The van der Waals surface area contributed by atoms with Gasteiger partial charge in [0.2, 0.25) is 5.05 Å². The maximum Gasteiger partial charge on any atom is 0.312 e. The number of allylic oxidation sites excluding steroid dienone is 3. The molecule has 0 spiro atoms. The average molecular weight is 459 g/mol. The number of fused-ring (bicyclic) bond motifs is 5. The van der Waals surface area contributed by atoms with E-state index in [1.807, 2.05) is 6.92 Å². The van der Waals surface area contributed by atoms with Crippen molar-refractivity contribution < 1.29 is 24.5 Å². The molecule has 5 rings (SSSR count). The molecule has 32 heavy (non-hydrogen) atoms. The zero-order valence-corrected chi connectivity index (χ0v) is 20.3. The number of aliphatic hydroxyl groups is 2. The molecule has 5 aliphatic rings. The van der Waals surface area contributed by atoms with Crippen LogP contribution in [0.15, 0.2) is 23.5 Å². The molecule has 5 nitrogen and oxygen atoms in total. The van der Waals surface area contributed by atoms with Crippen LogP contribution in [0.4, 0.5) is 0 Å². The Kier molecular flexibility index (Phi) is 4.62. The number of carbonyl (C=O) groups is 2. The Balaban J connectivity index is 1.53. The smallest absolute Gasteiger partial charge is 0.312 e. The van der Waals surface area contributed by atoms with Crippen molar-refractivity contribution in [1.29, 1.82) is 0 Å². The van der Waals surface area contributed by atoms with E-state index < -0.39 is 21.8 Å². The molecular formula is C26H34O5S. The molecule has 0 aliphatic heterocycles. The van der Waals surface area contributed by atoms with Gasteiger partial charge in [-0.15, -0.1) is 0 Å². The summed E-state index contributed by atoms with van der Waals surface area (Å²) in [6.45, 7) is 8.20. The monoisotopic (exact) mass is 458 g/mol. The fourth-order valence-electron chi connectivity index (χ4n) is 8.00. The summed E-state index contributed by atoms with van der Waals surface area (Å²) in [6.07, 6.45) is 8.82. The maximum absolute atomic E-state index is 13.1. The summed E-state index contributed by atoms with van der Waals surface area (Å²) in [6, 6.07) is 0. The molecule has 0 aromatic heterocycles. The van der Waals surface area contributed by atoms with Gasteiger partial charge >= 0.3 is 5.97 Å². The third-order valence-electron chi connectivity index (χ3n) is 10.3. The third kappa shape index (κ3) is 2.59. The van der Waals surface area contributed by atoms with Crippen molar-refractivity contribution in [1.82, 2.24) is 0 Å². The molecule has 4 fully saturated rings. The summed E-state index contributed by atoms with van der Waals surface area (Å²) in [5.41, 5.74) is -1.55. The van der Waals surface area contributed by atoms with Gasteiger partial charge in [0.05, 0.1) is 5.41 Å². The highest BCUT2D eigenvalue weighted by atomic mass is 32.1. The van der Waals surface area contributed by atoms with Crippen LogP contribution in [-0.4, -0.2) is 32.6 Å². The fraction of sp³-hybridized carbons (Fsp3) is 0.731. The number of ketones is 1. The predicted octanol–water partition coefficient (Wildman–Crippen LogP) is 5.39. The molecular weight excluding hydrogens is 424 g/mol. The first-order valence-corrected chi connectivity index (χ1v) is 12.4. The third-order valence-corrected chi connectivity index (χ3v) is 10.6. The number of carbonyl (C=O) groups excluding carboxylic acids is 2. The van der Waals surface area contributed by atoms with Gasteiger partial charge in [0, 0.05) is 22.8 Å². The van der Waals surface area contributed by atoms with E-state index in [1.54, 1.807) is 6.08 Å². The van der Waals surface area contributed by atoms with Gasteiger partial charge < -0.3 is 14.9 Å². The average Bonchev–Trinajstić information content (AvgIpc) is 3.42. The number of esters is 1. The molecule has 7 atom stereocenters. The number of hydrogen-bond donors (Lipinski definition) is 2. The van der Waals surface area contributed by atoms with E-state index in [0.717, 1.165) is 50.5 Å². The molecule has 0 radical (unpaired) electrons. The van der Waals surface area contributed by atoms with Crippen LogP contribution in [0.3, 0.4) is 0 Å². The summed E-state index contributed by atoms with van der Waals surface area (Å²) in [4.78, 5) is 25.1. The van der Waals surface area contributed by atoms with Crippen molar-refractivity contribution in [2.75, 3.05) is 0 Å². The minimum atomic E-state index is -1.15. The summed E-state index contributed by atoms with van der Waals surface area (Å²) >= 11 is 5.42. The highest BCUT2D eigenvalue weighted by molar-refractivity contribution is 7.80. The van der Waals surface area contributed by atoms with Gasteiger partial charge in [-0.05, 0) is 94.8 Å². The van der Waals surface area contributed by atoms with E-state index in [4.69, 9.17) is 17.0 Å². The number of aliphatic hydroxyl groups excluding tert-OH is 2. The lowest BCUT2D eigenvalue weighted by atomic mass is 9.47. The van der Waals surface area contributed by atoms with Crippen LogP contribution in [-0.2, 0) is 14.3 Å². The summed E-state index contributed by atoms with van der Waals surface area (Å²) in [7, 11) is 0. The van der Waals surface area contributed by atoms with Crippen molar-refractivity contribution >= 4 is 29.0 Å². The first-order chi connectivity index (χ1) is 14.9. The van der Waals surface area contributed by atoms with Crippen LogP contribution in [0, 0.1) is 39.9 Å². The lowest BCUT2D eigenvalue weighted by Crippen LogP contribution is -2.61. The van der Waals surface area contributed by atoms with Gasteiger partial charge in [0.1, 0.15) is 5.76 Å². The molecule has 0 unspecified atom stereocenters. The Hall–Kier alpha value is -1.69. The Bertz CT molecular complexity index is 977. The molecule has 0 saturated heterocycles. The molecule has 6 heteroatoms. The Morgan fingerprint density at radius 1 is 1.12 bits per heavy atom. The summed E-state index contributed by atoms with van der Waals surface area (Å²) in [5.74, 6) is 0.448. The molecule has 0 aromatic rings. The van der Waals surface area contributed by atoms with E-state index in [-0.39, 0.29) is 40.3 Å². The van der Waals surface area contributed by atoms with Gasteiger partial charge in [-0.2, -0.15) is 0 Å². The highest BCUT2D eigenvalue weighted by Gasteiger charge is 2.71. The zero-order valence-electron chi connectivity index (χ0n) is 19.4. The first kappa shape index (κ1) is 22.1. The SMILES string of the molecule is C[C@@H]1C[C@H]2[C@@H]3CCC4=CC(=O)C=C(O)[C@]4(C)[C@H]3CC[C@]2(C)[C@@]1(OC(=O)C1(C)CC1)C(O)=S. The van der Waals surface area contributed by atoms with Crippen molar-refractivity contribution in [2.45, 2.75) is 78.2 Å². The van der Waals surface area contributed by atoms with Gasteiger partial charge in [0.15, 0.2) is 11.4 Å². The molecule has 0 bridgehead atoms. The van der Waals surface area contributed by atoms with Crippen LogP contribution < -0.4 is 0 Å². The van der Waals surface area contributed by atoms with Crippen molar-refractivity contribution in [2.24, 2.45) is 39.9 Å². The molecule has 5 aliphatic carbocycles. The topological polar surface area (TPSA) is 83.8 Å². The van der Waals surface area contributed by atoms with Gasteiger partial charge in [-0.1, -0.05) is 19.4 Å². The lowest BCUT2D eigenvalue weighted by Gasteiger charge is -2.58. The van der Waals surface area contributed by atoms with Crippen LogP contribution >= 0.6 is 12.2 Å². The van der Waals surface area contributed by atoms with Crippen LogP contribution in [0.25, 0.3) is 0 Å². The molecule has 2 N–H and O–H groups in total. The summed E-state index contributed by atoms with van der Waals surface area (Å²) < 4.78 is 6.27. The van der Waals surface area contributed by atoms with Gasteiger partial charge in [0.25, 0.3) is 0 Å². The Labute approximate surface area is 195 Å². The van der Waals surface area contributed by atoms with E-state index in [1.165, 1.54) is 6.08 Å². The Morgan fingerprint density at radius 3 is 2.44 bits per heavy atom. The van der Waals surface area contributed by atoms with E-state index in [9.17, 15) is 19.8 Å². The molecule has 0 amide bonds. The minimum absolute atomic E-state index is 0.0816. The fourth-order valence-corrected chi connectivity index (χ4v) is 8.48. The van der Waals surface area contributed by atoms with Crippen LogP contribution in [0.2, 0.25) is 0 Å². The maximum atomic E-state index is 13.1. The van der Waals surface area contributed by atoms with E-state index in [0.29, 0.717) is 5.92 Å². The molecule has 0 aromatic carbocycles. The van der Waals surface area contributed by atoms with Crippen molar-refractivity contribution in [3.05, 3.63) is 23.5 Å².